The number of carbonyl (C=O) groups excluding carboxylic acids is 2. The highest BCUT2D eigenvalue weighted by Crippen LogP contribution is 2.34. The summed E-state index contributed by atoms with van der Waals surface area (Å²) in [4.78, 5) is 40.3. The zero-order valence-corrected chi connectivity index (χ0v) is 20.4. The molecule has 0 radical (unpaired) electrons. The van der Waals surface area contributed by atoms with Crippen LogP contribution in [0.1, 0.15) is 53.8 Å². The molecule has 1 saturated heterocycles. The number of anilines is 2. The molecule has 4 aromatic rings. The lowest BCUT2D eigenvalue weighted by atomic mass is 9.97. The third-order valence-electron chi connectivity index (χ3n) is 6.60. The van der Waals surface area contributed by atoms with Crippen LogP contribution in [0.5, 0.6) is 0 Å². The van der Waals surface area contributed by atoms with E-state index in [4.69, 9.17) is 16.0 Å². The van der Waals surface area contributed by atoms with Gasteiger partial charge in [0.2, 0.25) is 5.91 Å². The van der Waals surface area contributed by atoms with Crippen LogP contribution in [0.3, 0.4) is 0 Å². The van der Waals surface area contributed by atoms with Gasteiger partial charge in [-0.3, -0.25) is 14.0 Å². The van der Waals surface area contributed by atoms with Gasteiger partial charge in [0.1, 0.15) is 28.7 Å². The molecule has 10 heteroatoms. The summed E-state index contributed by atoms with van der Waals surface area (Å²) in [5.41, 5.74) is 9.31. The van der Waals surface area contributed by atoms with E-state index >= 15 is 0 Å². The number of rotatable bonds is 5. The first-order valence-corrected chi connectivity index (χ1v) is 12.2. The van der Waals surface area contributed by atoms with Crippen LogP contribution >= 0.6 is 0 Å². The van der Waals surface area contributed by atoms with Crippen LogP contribution in [-0.4, -0.2) is 49.2 Å². The zero-order valence-electron chi connectivity index (χ0n) is 20.4. The van der Waals surface area contributed by atoms with Gasteiger partial charge in [-0.05, 0) is 37.1 Å². The van der Waals surface area contributed by atoms with E-state index < -0.39 is 0 Å². The number of nitrogen functional groups attached to an aromatic ring is 1. The van der Waals surface area contributed by atoms with Gasteiger partial charge in [0.25, 0.3) is 5.91 Å². The number of likely N-dealkylation sites (tertiary alicyclic amines) is 1. The van der Waals surface area contributed by atoms with Gasteiger partial charge in [-0.25, -0.2) is 15.0 Å². The molecule has 0 spiro atoms. The van der Waals surface area contributed by atoms with Crippen LogP contribution in [0.4, 0.5) is 11.6 Å². The van der Waals surface area contributed by atoms with Crippen molar-refractivity contribution in [3.8, 4) is 17.3 Å². The Labute approximate surface area is 213 Å². The summed E-state index contributed by atoms with van der Waals surface area (Å²) in [7, 11) is 0. The van der Waals surface area contributed by atoms with Crippen LogP contribution in [0.15, 0.2) is 55.0 Å². The molecule has 3 N–H and O–H groups in total. The average Bonchev–Trinajstić information content (AvgIpc) is 3.34. The van der Waals surface area contributed by atoms with Gasteiger partial charge in [-0.15, -0.1) is 0 Å². The van der Waals surface area contributed by atoms with E-state index in [0.717, 1.165) is 30.8 Å². The van der Waals surface area contributed by atoms with Gasteiger partial charge in [-0.2, -0.15) is 5.26 Å². The van der Waals surface area contributed by atoms with Crippen LogP contribution in [0.25, 0.3) is 16.8 Å². The monoisotopic (exact) mass is 494 g/mol. The number of piperidine rings is 1. The number of fused-ring (bicyclic) bond motifs is 1. The minimum absolute atomic E-state index is 0.0778. The Morgan fingerprint density at radius 3 is 2.76 bits per heavy atom. The predicted octanol–water partition coefficient (Wildman–Crippen LogP) is 3.61. The van der Waals surface area contributed by atoms with Gasteiger partial charge in [0.15, 0.2) is 0 Å². The molecule has 37 heavy (non-hydrogen) atoms. The predicted molar refractivity (Wildman–Crippen MR) is 139 cm³/mol. The maximum atomic E-state index is 12.7. The molecule has 186 valence electrons. The maximum absolute atomic E-state index is 12.7. The van der Waals surface area contributed by atoms with Crippen molar-refractivity contribution in [1.29, 1.82) is 5.26 Å². The molecular formula is C27H26N8O2. The number of nitrogens with zero attached hydrogens (tertiary/aromatic N) is 6. The Kier molecular flexibility index (Phi) is 6.51. The average molecular weight is 495 g/mol. The molecule has 10 nitrogen and oxygen atoms in total. The second-order valence-corrected chi connectivity index (χ2v) is 8.96. The van der Waals surface area contributed by atoms with Gasteiger partial charge in [-0.1, -0.05) is 19.1 Å². The summed E-state index contributed by atoms with van der Waals surface area (Å²) < 4.78 is 1.97. The highest BCUT2D eigenvalue weighted by Gasteiger charge is 2.28. The number of amides is 2. The Morgan fingerprint density at radius 2 is 2.00 bits per heavy atom. The number of nitrogens with one attached hydrogen (secondary N) is 1. The number of imidazole rings is 1. The third-order valence-corrected chi connectivity index (χ3v) is 6.60. The lowest BCUT2D eigenvalue weighted by molar-refractivity contribution is -0.132. The molecular weight excluding hydrogens is 468 g/mol. The van der Waals surface area contributed by atoms with Crippen molar-refractivity contribution in [2.24, 2.45) is 0 Å². The maximum Gasteiger partial charge on any atom is 0.256 e. The van der Waals surface area contributed by atoms with Crippen LogP contribution in [-0.2, 0) is 4.79 Å². The number of hydrogen-bond acceptors (Lipinski definition) is 7. The van der Waals surface area contributed by atoms with Crippen LogP contribution < -0.4 is 11.1 Å². The molecule has 5 rings (SSSR count). The number of benzene rings is 1. The SMILES string of the molecule is CCC(=O)N1CCC[C@@H](c2nc(-c3ccc(C(=O)Nc4cc(C#N)ccn4)cc3)c3c(N)nccn23)C1. The van der Waals surface area contributed by atoms with Gasteiger partial charge in [0, 0.05) is 55.1 Å². The Hall–Kier alpha value is -4.78. The molecule has 1 aliphatic rings. The van der Waals surface area contributed by atoms with E-state index in [1.165, 1.54) is 12.3 Å². The summed E-state index contributed by atoms with van der Waals surface area (Å²) in [6.45, 7) is 3.27. The standard InChI is InChI=1S/C27H26N8O2/c1-2-22(36)34-12-3-4-20(16-34)26-33-23(24-25(29)31-11-13-35(24)26)18-5-7-19(8-6-18)27(37)32-21-14-17(15-28)9-10-30-21/h5-11,13-14,20H,2-4,12,16H2,1H3,(H2,29,31)(H,30,32,37)/t20-/m1/s1. The topological polar surface area (TPSA) is 142 Å². The second-order valence-electron chi connectivity index (χ2n) is 8.96. The molecule has 0 unspecified atom stereocenters. The number of aromatic nitrogens is 4. The highest BCUT2D eigenvalue weighted by molar-refractivity contribution is 6.04. The Bertz CT molecular complexity index is 1520. The summed E-state index contributed by atoms with van der Waals surface area (Å²) in [5.74, 6) is 1.40. The first kappa shape index (κ1) is 23.9. The van der Waals surface area contributed by atoms with E-state index in [0.29, 0.717) is 46.9 Å². The first-order chi connectivity index (χ1) is 18.0. The van der Waals surface area contributed by atoms with E-state index in [9.17, 15) is 9.59 Å². The largest absolute Gasteiger partial charge is 0.382 e. The zero-order chi connectivity index (χ0) is 25.9. The van der Waals surface area contributed by atoms with Crippen molar-refractivity contribution in [2.45, 2.75) is 32.1 Å². The van der Waals surface area contributed by atoms with Crippen molar-refractivity contribution in [3.63, 3.8) is 0 Å². The molecule has 1 atom stereocenters. The van der Waals surface area contributed by atoms with E-state index in [-0.39, 0.29) is 17.7 Å². The molecule has 0 bridgehead atoms. The number of nitrogens with two attached hydrogens (primary N) is 1. The number of pyridine rings is 1. The van der Waals surface area contributed by atoms with E-state index in [2.05, 4.69) is 15.3 Å². The minimum atomic E-state index is -0.339. The second kappa shape index (κ2) is 10.1. The van der Waals surface area contributed by atoms with Gasteiger partial charge >= 0.3 is 0 Å². The molecule has 0 saturated carbocycles. The molecule has 1 fully saturated rings. The Morgan fingerprint density at radius 1 is 1.19 bits per heavy atom. The molecule has 1 aliphatic heterocycles. The highest BCUT2D eigenvalue weighted by atomic mass is 16.2. The third kappa shape index (κ3) is 4.71. The van der Waals surface area contributed by atoms with Crippen molar-refractivity contribution in [2.75, 3.05) is 24.1 Å². The first-order valence-electron chi connectivity index (χ1n) is 12.2. The quantitative estimate of drug-likeness (QED) is 0.431. The smallest absolute Gasteiger partial charge is 0.256 e. The molecule has 2 amide bonds. The van der Waals surface area contributed by atoms with E-state index in [1.807, 2.05) is 40.6 Å². The van der Waals surface area contributed by atoms with Gasteiger partial charge in [0.05, 0.1) is 11.6 Å². The lowest BCUT2D eigenvalue weighted by Gasteiger charge is -2.32. The molecule has 3 aromatic heterocycles. The van der Waals surface area contributed by atoms with Crippen molar-refractivity contribution in [1.82, 2.24) is 24.3 Å². The fourth-order valence-corrected chi connectivity index (χ4v) is 4.75. The normalized spacial score (nSPS) is 15.4. The fraction of sp³-hybridized carbons (Fsp3) is 0.259. The summed E-state index contributed by atoms with van der Waals surface area (Å²) in [5, 5.41) is 11.8. The number of carbonyl (C=O) groups is 2. The number of nitriles is 1. The summed E-state index contributed by atoms with van der Waals surface area (Å²) in [6.07, 6.45) is 7.30. The Balaban J connectivity index is 1.45. The van der Waals surface area contributed by atoms with Crippen LogP contribution in [0, 0.1) is 11.3 Å². The molecule has 4 heterocycles. The van der Waals surface area contributed by atoms with Crippen LogP contribution in [0.2, 0.25) is 0 Å². The fourth-order valence-electron chi connectivity index (χ4n) is 4.75. The molecule has 1 aromatic carbocycles. The lowest BCUT2D eigenvalue weighted by Crippen LogP contribution is -2.39. The van der Waals surface area contributed by atoms with Crippen molar-refractivity contribution >= 4 is 29.0 Å². The summed E-state index contributed by atoms with van der Waals surface area (Å²) >= 11 is 0. The summed E-state index contributed by atoms with van der Waals surface area (Å²) in [6, 6.07) is 12.2. The van der Waals surface area contributed by atoms with E-state index in [1.54, 1.807) is 24.4 Å². The number of hydrogen-bond donors (Lipinski definition) is 2. The van der Waals surface area contributed by atoms with Crippen molar-refractivity contribution in [3.05, 3.63) is 71.9 Å². The molecule has 0 aliphatic carbocycles. The van der Waals surface area contributed by atoms with Gasteiger partial charge < -0.3 is 16.0 Å². The minimum Gasteiger partial charge on any atom is -0.382 e. The van der Waals surface area contributed by atoms with Crippen molar-refractivity contribution < 1.29 is 9.59 Å².